The smallest absolute Gasteiger partial charge is 0.475 e. The Morgan fingerprint density at radius 1 is 1.35 bits per heavy atom. The Kier molecular flexibility index (Phi) is 7.99. The molecular formula is C20H26F3N3O5. The number of aromatic nitrogens is 1. The molecule has 31 heavy (non-hydrogen) atoms. The van der Waals surface area contributed by atoms with Gasteiger partial charge in [-0.1, -0.05) is 13.8 Å². The van der Waals surface area contributed by atoms with E-state index in [1.165, 1.54) is 0 Å². The van der Waals surface area contributed by atoms with E-state index in [1.807, 2.05) is 18.7 Å². The summed E-state index contributed by atoms with van der Waals surface area (Å²) < 4.78 is 37.8. The molecule has 0 saturated carbocycles. The van der Waals surface area contributed by atoms with Crippen LogP contribution in [-0.2, 0) is 14.3 Å². The third kappa shape index (κ3) is 6.91. The lowest BCUT2D eigenvalue weighted by atomic mass is 9.82. The largest absolute Gasteiger partial charge is 0.490 e. The van der Waals surface area contributed by atoms with E-state index in [1.54, 1.807) is 24.5 Å². The highest BCUT2D eigenvalue weighted by molar-refractivity contribution is 5.93. The maximum atomic E-state index is 12.0. The molecule has 2 aliphatic rings. The number of halogens is 3. The van der Waals surface area contributed by atoms with Crippen molar-refractivity contribution in [2.45, 2.75) is 38.5 Å². The summed E-state index contributed by atoms with van der Waals surface area (Å²) in [7, 11) is 0. The van der Waals surface area contributed by atoms with E-state index >= 15 is 0 Å². The number of rotatable bonds is 4. The van der Waals surface area contributed by atoms with Crippen LogP contribution < -0.4 is 5.32 Å². The lowest BCUT2D eigenvalue weighted by molar-refractivity contribution is -0.192. The molecule has 1 unspecified atom stereocenters. The molecule has 3 rings (SSSR count). The van der Waals surface area contributed by atoms with Crippen molar-refractivity contribution in [1.82, 2.24) is 15.2 Å². The van der Waals surface area contributed by atoms with Crippen LogP contribution in [0, 0.1) is 11.8 Å². The molecule has 172 valence electrons. The molecule has 1 aromatic rings. The molecule has 8 nitrogen and oxygen atoms in total. The second kappa shape index (κ2) is 10.1. The van der Waals surface area contributed by atoms with Crippen LogP contribution in [-0.4, -0.2) is 70.8 Å². The van der Waals surface area contributed by atoms with E-state index in [4.69, 9.17) is 14.6 Å². The van der Waals surface area contributed by atoms with E-state index in [-0.39, 0.29) is 23.3 Å². The van der Waals surface area contributed by atoms with Crippen molar-refractivity contribution in [3.05, 3.63) is 30.1 Å². The lowest BCUT2D eigenvalue weighted by Crippen LogP contribution is -2.67. The number of nitrogens with zero attached hydrogens (tertiary/aromatic N) is 2. The number of aliphatic carboxylic acids is 1. The number of nitrogens with one attached hydrogen (secondary N) is 1. The Bertz CT molecular complexity index is 770. The standard InChI is InChI=1S/C18H25N3O3.C2HF3O2/c1-13(2)17(23)21-11-18(12-21)6-5-14(10-24-18)8-20-16(22)15-4-3-7-19-9-15;3-2(4,5)1(6)7/h3-4,7,9,13-14H,5-6,8,10-12H2,1-2H3,(H,20,22);(H,6,7). The fourth-order valence-corrected chi connectivity index (χ4v) is 3.33. The monoisotopic (exact) mass is 445 g/mol. The Morgan fingerprint density at radius 3 is 2.45 bits per heavy atom. The number of carbonyl (C=O) groups excluding carboxylic acids is 2. The lowest BCUT2D eigenvalue weighted by Gasteiger charge is -2.53. The predicted molar refractivity (Wildman–Crippen MR) is 103 cm³/mol. The van der Waals surface area contributed by atoms with Gasteiger partial charge in [0.1, 0.15) is 5.60 Å². The molecule has 1 aromatic heterocycles. The summed E-state index contributed by atoms with van der Waals surface area (Å²) in [5, 5.41) is 10.1. The summed E-state index contributed by atoms with van der Waals surface area (Å²) in [6.07, 6.45) is 0.0901. The molecular weight excluding hydrogens is 419 g/mol. The highest BCUT2D eigenvalue weighted by atomic mass is 19.4. The summed E-state index contributed by atoms with van der Waals surface area (Å²) in [4.78, 5) is 38.7. The Morgan fingerprint density at radius 2 is 2.00 bits per heavy atom. The van der Waals surface area contributed by atoms with Gasteiger partial charge in [0.25, 0.3) is 5.91 Å². The number of hydrogen-bond acceptors (Lipinski definition) is 5. The number of pyridine rings is 1. The highest BCUT2D eigenvalue weighted by Gasteiger charge is 2.48. The van der Waals surface area contributed by atoms with E-state index in [0.717, 1.165) is 12.8 Å². The normalized spacial score (nSPS) is 19.8. The first-order chi connectivity index (χ1) is 14.4. The zero-order chi connectivity index (χ0) is 23.2. The number of likely N-dealkylation sites (tertiary alicyclic amines) is 1. The molecule has 0 bridgehead atoms. The SMILES string of the molecule is CC(C)C(=O)N1CC2(CCC(CNC(=O)c3cccnc3)CO2)C1.O=C(O)C(F)(F)F. The van der Waals surface area contributed by atoms with Crippen molar-refractivity contribution in [3.63, 3.8) is 0 Å². The first kappa shape index (κ1) is 24.6. The number of ether oxygens (including phenoxy) is 1. The van der Waals surface area contributed by atoms with Gasteiger partial charge in [0, 0.05) is 24.9 Å². The fourth-order valence-electron chi connectivity index (χ4n) is 3.33. The number of alkyl halides is 3. The number of carboxylic acid groups (broad SMARTS) is 1. The number of carbonyl (C=O) groups is 3. The molecule has 0 radical (unpaired) electrons. The fraction of sp³-hybridized carbons (Fsp3) is 0.600. The topological polar surface area (TPSA) is 109 Å². The third-order valence-corrected chi connectivity index (χ3v) is 5.11. The van der Waals surface area contributed by atoms with Gasteiger partial charge in [-0.25, -0.2) is 4.79 Å². The summed E-state index contributed by atoms with van der Waals surface area (Å²) >= 11 is 0. The summed E-state index contributed by atoms with van der Waals surface area (Å²) in [6.45, 7) is 6.51. The Balaban J connectivity index is 0.000000423. The molecule has 11 heteroatoms. The van der Waals surface area contributed by atoms with Gasteiger partial charge in [0.2, 0.25) is 5.91 Å². The first-order valence-corrected chi connectivity index (χ1v) is 9.84. The van der Waals surface area contributed by atoms with Gasteiger partial charge in [0.15, 0.2) is 0 Å². The molecule has 2 fully saturated rings. The van der Waals surface area contributed by atoms with Crippen molar-refractivity contribution in [2.24, 2.45) is 11.8 Å². The predicted octanol–water partition coefficient (Wildman–Crippen LogP) is 2.11. The molecule has 3 heterocycles. The molecule has 2 aliphatic heterocycles. The number of amides is 2. The Labute approximate surface area is 177 Å². The molecule has 0 aromatic carbocycles. The second-order valence-corrected chi connectivity index (χ2v) is 8.00. The van der Waals surface area contributed by atoms with Crippen LogP contribution in [0.1, 0.15) is 37.0 Å². The van der Waals surface area contributed by atoms with Crippen LogP contribution in [0.15, 0.2) is 24.5 Å². The molecule has 2 N–H and O–H groups in total. The summed E-state index contributed by atoms with van der Waals surface area (Å²) in [5.41, 5.74) is 0.432. The Hall–Kier alpha value is -2.69. The van der Waals surface area contributed by atoms with Crippen LogP contribution in [0.3, 0.4) is 0 Å². The third-order valence-electron chi connectivity index (χ3n) is 5.11. The van der Waals surface area contributed by atoms with Crippen molar-refractivity contribution in [1.29, 1.82) is 0 Å². The zero-order valence-electron chi connectivity index (χ0n) is 17.3. The molecule has 0 aliphatic carbocycles. The van der Waals surface area contributed by atoms with Gasteiger partial charge in [0.05, 0.1) is 25.3 Å². The minimum Gasteiger partial charge on any atom is -0.475 e. The van der Waals surface area contributed by atoms with Crippen molar-refractivity contribution in [3.8, 4) is 0 Å². The second-order valence-electron chi connectivity index (χ2n) is 8.00. The number of carboxylic acids is 1. The average Bonchev–Trinajstić information content (AvgIpc) is 2.70. The van der Waals surface area contributed by atoms with Gasteiger partial charge in [-0.3, -0.25) is 14.6 Å². The molecule has 2 saturated heterocycles. The van der Waals surface area contributed by atoms with E-state index in [2.05, 4.69) is 10.3 Å². The van der Waals surface area contributed by atoms with E-state index < -0.39 is 12.1 Å². The van der Waals surface area contributed by atoms with Crippen LogP contribution in [0.2, 0.25) is 0 Å². The minimum absolute atomic E-state index is 0.0429. The highest BCUT2D eigenvalue weighted by Crippen LogP contribution is 2.36. The van der Waals surface area contributed by atoms with Crippen LogP contribution in [0.25, 0.3) is 0 Å². The minimum atomic E-state index is -5.08. The number of hydrogen-bond donors (Lipinski definition) is 2. The molecule has 2 amide bonds. The quantitative estimate of drug-likeness (QED) is 0.735. The van der Waals surface area contributed by atoms with Crippen molar-refractivity contribution in [2.75, 3.05) is 26.2 Å². The first-order valence-electron chi connectivity index (χ1n) is 9.84. The maximum Gasteiger partial charge on any atom is 0.490 e. The zero-order valence-corrected chi connectivity index (χ0v) is 17.3. The van der Waals surface area contributed by atoms with E-state index in [9.17, 15) is 22.8 Å². The average molecular weight is 445 g/mol. The van der Waals surface area contributed by atoms with Gasteiger partial charge in [-0.2, -0.15) is 13.2 Å². The molecule has 1 atom stereocenters. The van der Waals surface area contributed by atoms with Gasteiger partial charge < -0.3 is 20.1 Å². The van der Waals surface area contributed by atoms with Gasteiger partial charge in [-0.15, -0.1) is 0 Å². The summed E-state index contributed by atoms with van der Waals surface area (Å²) in [5.74, 6) is -2.28. The van der Waals surface area contributed by atoms with Crippen molar-refractivity contribution >= 4 is 17.8 Å². The molecule has 1 spiro atoms. The van der Waals surface area contributed by atoms with E-state index in [0.29, 0.717) is 37.7 Å². The summed E-state index contributed by atoms with van der Waals surface area (Å²) in [6, 6.07) is 3.51. The van der Waals surface area contributed by atoms with Crippen molar-refractivity contribution < 1.29 is 37.4 Å². The maximum absolute atomic E-state index is 12.0. The van der Waals surface area contributed by atoms with Gasteiger partial charge in [-0.05, 0) is 30.9 Å². The van der Waals surface area contributed by atoms with Gasteiger partial charge >= 0.3 is 12.1 Å². The van der Waals surface area contributed by atoms with Crippen LogP contribution in [0.5, 0.6) is 0 Å². The van der Waals surface area contributed by atoms with Crippen LogP contribution in [0.4, 0.5) is 13.2 Å². The van der Waals surface area contributed by atoms with Crippen LogP contribution >= 0.6 is 0 Å².